The molecule has 0 amide bonds. The molecule has 2 N–H and O–H groups in total. The van der Waals surface area contributed by atoms with Crippen LogP contribution in [0.1, 0.15) is 16.5 Å². The van der Waals surface area contributed by atoms with E-state index in [1.165, 1.54) is 10.4 Å². The summed E-state index contributed by atoms with van der Waals surface area (Å²) in [5.74, 6) is 0. The van der Waals surface area contributed by atoms with Gasteiger partial charge in [-0.15, -0.1) is 11.3 Å². The lowest BCUT2D eigenvalue weighted by atomic mass is 10.1. The van der Waals surface area contributed by atoms with Crippen molar-refractivity contribution in [3.63, 3.8) is 0 Å². The third kappa shape index (κ3) is 3.66. The maximum Gasteiger partial charge on any atom is 0.0444 e. The van der Waals surface area contributed by atoms with E-state index < -0.39 is 0 Å². The largest absolute Gasteiger partial charge is 0.312 e. The van der Waals surface area contributed by atoms with Crippen LogP contribution in [-0.2, 0) is 6.54 Å². The van der Waals surface area contributed by atoms with Crippen LogP contribution in [0.4, 0.5) is 0 Å². The summed E-state index contributed by atoms with van der Waals surface area (Å²) >= 11 is 1.80. The van der Waals surface area contributed by atoms with Crippen LogP contribution in [0, 0.1) is 0 Å². The summed E-state index contributed by atoms with van der Waals surface area (Å²) in [6, 6.07) is 15.2. The maximum atomic E-state index is 3.49. The van der Waals surface area contributed by atoms with Crippen LogP contribution >= 0.6 is 11.3 Å². The van der Waals surface area contributed by atoms with Crippen LogP contribution in [0.15, 0.2) is 47.8 Å². The van der Waals surface area contributed by atoms with E-state index in [-0.39, 0.29) is 0 Å². The summed E-state index contributed by atoms with van der Waals surface area (Å²) in [6.45, 7) is 1.89. The molecule has 0 bridgehead atoms. The minimum atomic E-state index is 0.371. The fourth-order valence-electron chi connectivity index (χ4n) is 1.82. The van der Waals surface area contributed by atoms with Crippen LogP contribution in [-0.4, -0.2) is 13.6 Å². The minimum Gasteiger partial charge on any atom is -0.312 e. The number of hydrogen-bond donors (Lipinski definition) is 2. The Kier molecular flexibility index (Phi) is 4.74. The SMILES string of the molecule is CN[C@H](CNCc1cccs1)c1ccccc1. The highest BCUT2D eigenvalue weighted by Gasteiger charge is 2.07. The van der Waals surface area contributed by atoms with Gasteiger partial charge in [0.1, 0.15) is 0 Å². The molecule has 2 aromatic rings. The van der Waals surface area contributed by atoms with Gasteiger partial charge in [-0.3, -0.25) is 0 Å². The highest BCUT2D eigenvalue weighted by Crippen LogP contribution is 2.12. The Morgan fingerprint density at radius 3 is 2.59 bits per heavy atom. The van der Waals surface area contributed by atoms with Crippen molar-refractivity contribution in [2.45, 2.75) is 12.6 Å². The molecular formula is C14H18N2S. The molecule has 0 aliphatic carbocycles. The summed E-state index contributed by atoms with van der Waals surface area (Å²) in [5, 5.41) is 8.94. The van der Waals surface area contributed by atoms with E-state index in [0.29, 0.717) is 6.04 Å². The van der Waals surface area contributed by atoms with Crippen molar-refractivity contribution in [3.05, 3.63) is 58.3 Å². The Morgan fingerprint density at radius 1 is 1.12 bits per heavy atom. The van der Waals surface area contributed by atoms with Crippen molar-refractivity contribution >= 4 is 11.3 Å². The summed E-state index contributed by atoms with van der Waals surface area (Å²) in [7, 11) is 2.00. The summed E-state index contributed by atoms with van der Waals surface area (Å²) in [5.41, 5.74) is 1.33. The zero-order valence-corrected chi connectivity index (χ0v) is 10.8. The van der Waals surface area contributed by atoms with Gasteiger partial charge in [-0.2, -0.15) is 0 Å². The monoisotopic (exact) mass is 246 g/mol. The van der Waals surface area contributed by atoms with Gasteiger partial charge in [0.05, 0.1) is 0 Å². The number of likely N-dealkylation sites (N-methyl/N-ethyl adjacent to an activating group) is 1. The Hall–Kier alpha value is -1.16. The Bertz CT molecular complexity index is 411. The highest BCUT2D eigenvalue weighted by atomic mass is 32.1. The predicted molar refractivity (Wildman–Crippen MR) is 74.3 cm³/mol. The summed E-state index contributed by atoms with van der Waals surface area (Å²) in [4.78, 5) is 1.38. The van der Waals surface area contributed by atoms with Crippen molar-refractivity contribution in [2.24, 2.45) is 0 Å². The Balaban J connectivity index is 1.84. The maximum absolute atomic E-state index is 3.49. The molecule has 1 atom stereocenters. The first-order valence-electron chi connectivity index (χ1n) is 5.85. The Morgan fingerprint density at radius 2 is 1.94 bits per heavy atom. The van der Waals surface area contributed by atoms with Gasteiger partial charge in [-0.25, -0.2) is 0 Å². The van der Waals surface area contributed by atoms with Gasteiger partial charge in [0.2, 0.25) is 0 Å². The molecule has 1 aromatic carbocycles. The molecule has 0 fully saturated rings. The van der Waals surface area contributed by atoms with Gasteiger partial charge < -0.3 is 10.6 Å². The second kappa shape index (κ2) is 6.55. The van der Waals surface area contributed by atoms with E-state index in [2.05, 4.69) is 58.5 Å². The van der Waals surface area contributed by atoms with Crippen LogP contribution in [0.5, 0.6) is 0 Å². The number of nitrogens with one attached hydrogen (secondary N) is 2. The van der Waals surface area contributed by atoms with E-state index in [1.54, 1.807) is 11.3 Å². The van der Waals surface area contributed by atoms with Crippen LogP contribution < -0.4 is 10.6 Å². The number of rotatable bonds is 6. The fourth-order valence-corrected chi connectivity index (χ4v) is 2.50. The molecule has 0 spiro atoms. The van der Waals surface area contributed by atoms with E-state index >= 15 is 0 Å². The number of thiophene rings is 1. The van der Waals surface area contributed by atoms with E-state index in [9.17, 15) is 0 Å². The lowest BCUT2D eigenvalue weighted by molar-refractivity contribution is 0.529. The molecule has 0 saturated carbocycles. The lowest BCUT2D eigenvalue weighted by Crippen LogP contribution is -2.29. The minimum absolute atomic E-state index is 0.371. The van der Waals surface area contributed by atoms with Gasteiger partial charge in [0, 0.05) is 24.0 Å². The molecule has 0 unspecified atom stereocenters. The van der Waals surface area contributed by atoms with Crippen LogP contribution in [0.2, 0.25) is 0 Å². The summed E-state index contributed by atoms with van der Waals surface area (Å²) < 4.78 is 0. The normalized spacial score (nSPS) is 12.5. The summed E-state index contributed by atoms with van der Waals surface area (Å²) in [6.07, 6.45) is 0. The van der Waals surface area contributed by atoms with Gasteiger partial charge >= 0.3 is 0 Å². The highest BCUT2D eigenvalue weighted by molar-refractivity contribution is 7.09. The molecule has 1 heterocycles. The van der Waals surface area contributed by atoms with Crippen molar-refractivity contribution in [1.29, 1.82) is 0 Å². The van der Waals surface area contributed by atoms with Crippen molar-refractivity contribution in [1.82, 2.24) is 10.6 Å². The van der Waals surface area contributed by atoms with Crippen LogP contribution in [0.3, 0.4) is 0 Å². The average Bonchev–Trinajstić information content (AvgIpc) is 2.89. The first-order valence-corrected chi connectivity index (χ1v) is 6.73. The van der Waals surface area contributed by atoms with Crippen molar-refractivity contribution in [3.8, 4) is 0 Å². The van der Waals surface area contributed by atoms with Gasteiger partial charge in [0.25, 0.3) is 0 Å². The third-order valence-corrected chi connectivity index (χ3v) is 3.65. The smallest absolute Gasteiger partial charge is 0.0444 e. The standard InChI is InChI=1S/C14H18N2S/c1-15-14(12-6-3-2-4-7-12)11-16-10-13-8-5-9-17-13/h2-9,14-16H,10-11H2,1H3/t14-/m1/s1. The van der Waals surface area contributed by atoms with E-state index in [4.69, 9.17) is 0 Å². The third-order valence-electron chi connectivity index (χ3n) is 2.78. The quantitative estimate of drug-likeness (QED) is 0.819. The molecule has 17 heavy (non-hydrogen) atoms. The van der Waals surface area contributed by atoms with Gasteiger partial charge in [-0.05, 0) is 24.1 Å². The number of hydrogen-bond acceptors (Lipinski definition) is 3. The number of benzene rings is 1. The molecule has 2 rings (SSSR count). The molecular weight excluding hydrogens is 228 g/mol. The molecule has 0 aliphatic heterocycles. The Labute approximate surface area is 107 Å². The van der Waals surface area contributed by atoms with Crippen molar-refractivity contribution in [2.75, 3.05) is 13.6 Å². The fraction of sp³-hybridized carbons (Fsp3) is 0.286. The van der Waals surface area contributed by atoms with Gasteiger partial charge in [-0.1, -0.05) is 36.4 Å². The lowest BCUT2D eigenvalue weighted by Gasteiger charge is -2.17. The molecule has 2 nitrogen and oxygen atoms in total. The first-order chi connectivity index (χ1) is 8.40. The second-order valence-electron chi connectivity index (χ2n) is 3.96. The molecule has 0 aliphatic rings. The van der Waals surface area contributed by atoms with Gasteiger partial charge in [0.15, 0.2) is 0 Å². The molecule has 90 valence electrons. The van der Waals surface area contributed by atoms with Crippen molar-refractivity contribution < 1.29 is 0 Å². The average molecular weight is 246 g/mol. The molecule has 3 heteroatoms. The van der Waals surface area contributed by atoms with E-state index in [0.717, 1.165) is 13.1 Å². The topological polar surface area (TPSA) is 24.1 Å². The molecule has 0 radical (unpaired) electrons. The predicted octanol–water partition coefficient (Wildman–Crippen LogP) is 2.80. The van der Waals surface area contributed by atoms with E-state index in [1.807, 2.05) is 7.05 Å². The second-order valence-corrected chi connectivity index (χ2v) is 4.99. The van der Waals surface area contributed by atoms with Crippen LogP contribution in [0.25, 0.3) is 0 Å². The zero-order chi connectivity index (χ0) is 11.9. The molecule has 0 saturated heterocycles. The molecule has 1 aromatic heterocycles. The first kappa shape index (κ1) is 12.3. The zero-order valence-electron chi connectivity index (χ0n) is 10.0.